The Balaban J connectivity index is 1.67. The van der Waals surface area contributed by atoms with Gasteiger partial charge in [-0.05, 0) is 42.0 Å². The Hall–Kier alpha value is -3.25. The third-order valence-electron chi connectivity index (χ3n) is 5.37. The second kappa shape index (κ2) is 10.4. The first-order chi connectivity index (χ1) is 15.3. The largest absolute Gasteiger partial charge is 0.442 e. The molecule has 7 nitrogen and oxygen atoms in total. The molecule has 1 atom stereocenters. The number of ether oxygens (including phenoxy) is 1. The van der Waals surface area contributed by atoms with Gasteiger partial charge in [-0.25, -0.2) is 9.18 Å². The monoisotopic (exact) mass is 456 g/mol. The number of halogens is 1. The Bertz CT molecular complexity index is 1010. The van der Waals surface area contributed by atoms with Crippen LogP contribution in [0.4, 0.5) is 20.6 Å². The summed E-state index contributed by atoms with van der Waals surface area (Å²) >= 11 is 1.33. The van der Waals surface area contributed by atoms with Crippen LogP contribution in [0, 0.1) is 17.1 Å². The highest BCUT2D eigenvalue weighted by atomic mass is 32.2. The summed E-state index contributed by atoms with van der Waals surface area (Å²) in [7, 11) is 0. The van der Waals surface area contributed by atoms with E-state index in [-0.39, 0.29) is 19.0 Å². The molecule has 0 aliphatic carbocycles. The van der Waals surface area contributed by atoms with Crippen LogP contribution in [0.3, 0.4) is 0 Å². The van der Waals surface area contributed by atoms with Gasteiger partial charge in [0, 0.05) is 24.9 Å². The fourth-order valence-corrected chi connectivity index (χ4v) is 4.29. The highest BCUT2D eigenvalue weighted by Crippen LogP contribution is 2.33. The maximum atomic E-state index is 14.9. The van der Waals surface area contributed by atoms with Crippen LogP contribution in [0.2, 0.25) is 0 Å². The number of nitrogens with one attached hydrogen (secondary N) is 1. The van der Waals surface area contributed by atoms with Crippen LogP contribution < -0.4 is 15.1 Å². The van der Waals surface area contributed by atoms with Crippen molar-refractivity contribution in [1.29, 1.82) is 5.26 Å². The van der Waals surface area contributed by atoms with Crippen LogP contribution in [-0.2, 0) is 9.53 Å². The zero-order valence-corrected chi connectivity index (χ0v) is 18.7. The number of benzene rings is 1. The number of anilines is 2. The summed E-state index contributed by atoms with van der Waals surface area (Å²) in [5, 5.41) is 13.7. The van der Waals surface area contributed by atoms with Crippen molar-refractivity contribution in [3.8, 4) is 6.07 Å². The Morgan fingerprint density at radius 1 is 1.44 bits per heavy atom. The molecule has 2 saturated heterocycles. The zero-order chi connectivity index (χ0) is 23.3. The van der Waals surface area contributed by atoms with Gasteiger partial charge in [-0.1, -0.05) is 24.9 Å². The first-order valence-corrected chi connectivity index (χ1v) is 11.1. The molecule has 0 aromatic heterocycles. The second-order valence-electron chi connectivity index (χ2n) is 7.47. The summed E-state index contributed by atoms with van der Waals surface area (Å²) in [6, 6.07) is 6.90. The van der Waals surface area contributed by atoms with Crippen LogP contribution in [0.1, 0.15) is 19.8 Å². The van der Waals surface area contributed by atoms with E-state index < -0.39 is 18.0 Å². The van der Waals surface area contributed by atoms with E-state index in [0.717, 1.165) is 5.57 Å². The Morgan fingerprint density at radius 2 is 2.16 bits per heavy atom. The Kier molecular flexibility index (Phi) is 7.59. The molecule has 2 aliphatic heterocycles. The lowest BCUT2D eigenvalue weighted by molar-refractivity contribution is -0.119. The minimum atomic E-state index is -0.568. The molecule has 0 bridgehead atoms. The van der Waals surface area contributed by atoms with Crippen LogP contribution in [0.25, 0.3) is 0 Å². The van der Waals surface area contributed by atoms with Crippen LogP contribution in [0.5, 0.6) is 0 Å². The number of carbonyl (C=O) groups is 2. The molecule has 2 aliphatic rings. The predicted octanol–water partition coefficient (Wildman–Crippen LogP) is 4.10. The molecular formula is C23H25FN4O3S. The van der Waals surface area contributed by atoms with Gasteiger partial charge < -0.3 is 15.0 Å². The van der Waals surface area contributed by atoms with Crippen molar-refractivity contribution >= 4 is 35.1 Å². The molecule has 3 rings (SSSR count). The molecular weight excluding hydrogens is 431 g/mol. The average Bonchev–Trinajstić information content (AvgIpc) is 3.14. The molecule has 2 fully saturated rings. The number of nitriles is 1. The van der Waals surface area contributed by atoms with E-state index in [1.165, 1.54) is 29.7 Å². The Labute approximate surface area is 191 Å². The fraction of sp³-hybridized carbons (Fsp3) is 0.348. The van der Waals surface area contributed by atoms with Gasteiger partial charge in [-0.15, -0.1) is 0 Å². The van der Waals surface area contributed by atoms with E-state index in [1.54, 1.807) is 17.5 Å². The minimum Gasteiger partial charge on any atom is -0.442 e. The topological polar surface area (TPSA) is 85.7 Å². The predicted molar refractivity (Wildman–Crippen MR) is 124 cm³/mol. The van der Waals surface area contributed by atoms with Crippen LogP contribution in [0.15, 0.2) is 52.8 Å². The van der Waals surface area contributed by atoms with Crippen molar-refractivity contribution in [2.45, 2.75) is 25.9 Å². The first kappa shape index (κ1) is 23.4. The molecule has 1 aromatic carbocycles. The lowest BCUT2D eigenvalue weighted by atomic mass is 9.98. The van der Waals surface area contributed by atoms with Gasteiger partial charge in [-0.3, -0.25) is 9.69 Å². The molecule has 32 heavy (non-hydrogen) atoms. The summed E-state index contributed by atoms with van der Waals surface area (Å²) < 4.78 is 20.2. The molecule has 0 saturated carbocycles. The fourth-order valence-electron chi connectivity index (χ4n) is 3.78. The van der Waals surface area contributed by atoms with Crippen LogP contribution in [-0.4, -0.2) is 44.3 Å². The summed E-state index contributed by atoms with van der Waals surface area (Å²) in [5.41, 5.74) is 2.47. The summed E-state index contributed by atoms with van der Waals surface area (Å²) in [6.45, 7) is 10.6. The molecule has 2 amide bonds. The van der Waals surface area contributed by atoms with E-state index in [4.69, 9.17) is 4.74 Å². The van der Waals surface area contributed by atoms with E-state index in [1.807, 2.05) is 4.90 Å². The molecule has 0 spiro atoms. The third kappa shape index (κ3) is 5.32. The van der Waals surface area contributed by atoms with Crippen LogP contribution >= 0.6 is 11.8 Å². The van der Waals surface area contributed by atoms with E-state index >= 15 is 0 Å². The maximum Gasteiger partial charge on any atom is 0.414 e. The third-order valence-corrected chi connectivity index (χ3v) is 6.03. The van der Waals surface area contributed by atoms with Crippen molar-refractivity contribution in [3.05, 3.63) is 58.6 Å². The molecule has 1 aromatic rings. The molecule has 0 unspecified atom stereocenters. The zero-order valence-electron chi connectivity index (χ0n) is 17.9. The standard InChI is InChI=1S/C23H25FN4O3S/c1-4-32-15(2)20(12-25)17-7-9-27(10-8-17)22-6-5-18(11-21(22)24)28-14-19(31-23(28)30)13-26-16(3)29/h4-6,11,19H,1-2,7-10,13-14H2,3H3,(H,26,29)/t19-/m0/s1. The number of allylic oxidation sites excluding steroid dienone is 1. The minimum absolute atomic E-state index is 0.208. The normalized spacial score (nSPS) is 18.1. The molecule has 1 N–H and O–H groups in total. The summed E-state index contributed by atoms with van der Waals surface area (Å²) in [6.07, 6.45) is 0.237. The highest BCUT2D eigenvalue weighted by molar-refractivity contribution is 8.06. The van der Waals surface area contributed by atoms with E-state index in [0.29, 0.717) is 47.8 Å². The lowest BCUT2D eigenvalue weighted by Crippen LogP contribution is -2.33. The van der Waals surface area contributed by atoms with E-state index in [9.17, 15) is 19.2 Å². The molecule has 0 radical (unpaired) electrons. The lowest BCUT2D eigenvalue weighted by Gasteiger charge is -2.31. The van der Waals surface area contributed by atoms with Gasteiger partial charge >= 0.3 is 6.09 Å². The number of cyclic esters (lactones) is 1. The second-order valence-corrected chi connectivity index (χ2v) is 8.54. The number of hydrogen-bond acceptors (Lipinski definition) is 6. The first-order valence-electron chi connectivity index (χ1n) is 10.2. The van der Waals surface area contributed by atoms with Gasteiger partial charge in [0.15, 0.2) is 0 Å². The highest BCUT2D eigenvalue weighted by Gasteiger charge is 2.33. The van der Waals surface area contributed by atoms with Crippen molar-refractivity contribution in [2.75, 3.05) is 36.0 Å². The van der Waals surface area contributed by atoms with Crippen molar-refractivity contribution in [3.63, 3.8) is 0 Å². The number of hydrogen-bond donors (Lipinski definition) is 1. The summed E-state index contributed by atoms with van der Waals surface area (Å²) in [4.78, 5) is 27.2. The van der Waals surface area contributed by atoms with Crippen molar-refractivity contribution in [2.24, 2.45) is 0 Å². The summed E-state index contributed by atoms with van der Waals surface area (Å²) in [5.74, 6) is -0.639. The van der Waals surface area contributed by atoms with Crippen molar-refractivity contribution < 1.29 is 18.7 Å². The van der Waals surface area contributed by atoms with Gasteiger partial charge in [0.25, 0.3) is 0 Å². The van der Waals surface area contributed by atoms with Crippen molar-refractivity contribution in [1.82, 2.24) is 5.32 Å². The number of piperidine rings is 1. The Morgan fingerprint density at radius 3 is 2.75 bits per heavy atom. The number of nitrogens with zero attached hydrogens (tertiary/aromatic N) is 3. The van der Waals surface area contributed by atoms with E-state index in [2.05, 4.69) is 24.5 Å². The van der Waals surface area contributed by atoms with Gasteiger partial charge in [0.1, 0.15) is 18.0 Å². The SMILES string of the molecule is C=CSC(=C)C(C#N)=C1CCN(c2ccc(N3C[C@H](CNC(C)=O)OC3=O)cc2F)CC1. The number of rotatable bonds is 7. The molecule has 9 heteroatoms. The maximum absolute atomic E-state index is 14.9. The smallest absolute Gasteiger partial charge is 0.414 e. The molecule has 2 heterocycles. The molecule has 168 valence electrons. The van der Waals surface area contributed by atoms with Gasteiger partial charge in [0.05, 0.1) is 30.0 Å². The van der Waals surface area contributed by atoms with Gasteiger partial charge in [-0.2, -0.15) is 5.26 Å². The number of amides is 2. The average molecular weight is 457 g/mol. The quantitative estimate of drug-likeness (QED) is 0.622. The van der Waals surface area contributed by atoms with Gasteiger partial charge in [0.2, 0.25) is 5.91 Å². The number of thioether (sulfide) groups is 1. The number of carbonyl (C=O) groups excluding carboxylic acids is 2.